The minimum absolute atomic E-state index is 0.547. The molecule has 2 bridgehead atoms. The first kappa shape index (κ1) is 10.2. The third-order valence-corrected chi connectivity index (χ3v) is 4.34. The summed E-state index contributed by atoms with van der Waals surface area (Å²) >= 11 is 5.13. The first-order valence-electron chi connectivity index (χ1n) is 5.69. The molecule has 14 heavy (non-hydrogen) atoms. The van der Waals surface area contributed by atoms with Gasteiger partial charge < -0.3 is 10.6 Å². The van der Waals surface area contributed by atoms with Gasteiger partial charge in [0, 0.05) is 13.1 Å². The molecule has 0 radical (unpaired) electrons. The Bertz CT molecular complexity index is 229. The van der Waals surface area contributed by atoms with Crippen LogP contribution in [0.2, 0.25) is 0 Å². The van der Waals surface area contributed by atoms with E-state index in [9.17, 15) is 0 Å². The van der Waals surface area contributed by atoms with E-state index in [1.54, 1.807) is 0 Å². The van der Waals surface area contributed by atoms with Gasteiger partial charge in [-0.3, -0.25) is 0 Å². The molecule has 2 rings (SSSR count). The molecule has 2 nitrogen and oxygen atoms in total. The molecule has 0 saturated heterocycles. The van der Waals surface area contributed by atoms with Crippen LogP contribution >= 0.6 is 12.2 Å². The molecule has 2 aliphatic rings. The van der Waals surface area contributed by atoms with E-state index in [-0.39, 0.29) is 0 Å². The molecule has 2 fully saturated rings. The minimum Gasteiger partial charge on any atom is -0.366 e. The van der Waals surface area contributed by atoms with Crippen LogP contribution in [0.1, 0.15) is 32.6 Å². The summed E-state index contributed by atoms with van der Waals surface area (Å²) < 4.78 is 0. The second kappa shape index (κ2) is 4.05. The summed E-state index contributed by atoms with van der Waals surface area (Å²) in [7, 11) is 1.88. The summed E-state index contributed by atoms with van der Waals surface area (Å²) in [6.07, 6.45) is 5.83. The molecule has 0 spiro atoms. The van der Waals surface area contributed by atoms with Gasteiger partial charge in [-0.2, -0.15) is 0 Å². The van der Waals surface area contributed by atoms with Crippen molar-refractivity contribution in [3.8, 4) is 0 Å². The molecule has 0 aromatic heterocycles. The van der Waals surface area contributed by atoms with Gasteiger partial charge in [0.15, 0.2) is 5.11 Å². The Morgan fingerprint density at radius 3 is 2.64 bits per heavy atom. The van der Waals surface area contributed by atoms with Crippen LogP contribution in [0.15, 0.2) is 0 Å². The van der Waals surface area contributed by atoms with Crippen molar-refractivity contribution >= 4 is 17.3 Å². The van der Waals surface area contributed by atoms with E-state index in [1.807, 2.05) is 7.05 Å². The standard InChI is InChI=1S/C11H20N2S/c1-7(13-11(14)12-2)10-6-8-3-4-9(10)5-8/h7-10H,3-6H2,1-2H3,(H2,12,13,14)/t7-,8+,9+,10-/m0/s1. The highest BCUT2D eigenvalue weighted by Gasteiger charge is 2.41. The predicted molar refractivity (Wildman–Crippen MR) is 63.2 cm³/mol. The molecule has 0 aliphatic heterocycles. The zero-order chi connectivity index (χ0) is 10.1. The van der Waals surface area contributed by atoms with E-state index < -0.39 is 0 Å². The van der Waals surface area contributed by atoms with E-state index >= 15 is 0 Å². The van der Waals surface area contributed by atoms with Gasteiger partial charge in [-0.1, -0.05) is 6.42 Å². The van der Waals surface area contributed by atoms with E-state index in [4.69, 9.17) is 12.2 Å². The van der Waals surface area contributed by atoms with E-state index in [1.165, 1.54) is 25.7 Å². The van der Waals surface area contributed by atoms with Crippen molar-refractivity contribution < 1.29 is 0 Å². The molecular weight excluding hydrogens is 192 g/mol. The first-order chi connectivity index (χ1) is 6.70. The molecule has 2 aliphatic carbocycles. The average Bonchev–Trinajstić information content (AvgIpc) is 2.78. The zero-order valence-electron chi connectivity index (χ0n) is 9.05. The minimum atomic E-state index is 0.547. The Morgan fingerprint density at radius 1 is 1.36 bits per heavy atom. The fraction of sp³-hybridized carbons (Fsp3) is 0.909. The molecule has 2 N–H and O–H groups in total. The van der Waals surface area contributed by atoms with Gasteiger partial charge in [-0.25, -0.2) is 0 Å². The smallest absolute Gasteiger partial charge is 0.166 e. The maximum atomic E-state index is 5.13. The normalized spacial score (nSPS) is 36.9. The molecule has 3 heteroatoms. The van der Waals surface area contributed by atoms with Crippen molar-refractivity contribution in [3.05, 3.63) is 0 Å². The van der Waals surface area contributed by atoms with Crippen LogP contribution in [0.3, 0.4) is 0 Å². The Labute approximate surface area is 91.8 Å². The zero-order valence-corrected chi connectivity index (χ0v) is 9.86. The Balaban J connectivity index is 1.86. The Kier molecular flexibility index (Phi) is 2.96. The van der Waals surface area contributed by atoms with Crippen LogP contribution in [0.4, 0.5) is 0 Å². The van der Waals surface area contributed by atoms with Gasteiger partial charge in [0.05, 0.1) is 0 Å². The second-order valence-electron chi connectivity index (χ2n) is 4.85. The monoisotopic (exact) mass is 212 g/mol. The highest BCUT2D eigenvalue weighted by molar-refractivity contribution is 7.80. The van der Waals surface area contributed by atoms with Crippen molar-refractivity contribution in [1.29, 1.82) is 0 Å². The van der Waals surface area contributed by atoms with Gasteiger partial charge in [-0.15, -0.1) is 0 Å². The number of fused-ring (bicyclic) bond motifs is 2. The van der Waals surface area contributed by atoms with Gasteiger partial charge in [0.2, 0.25) is 0 Å². The third kappa shape index (κ3) is 1.88. The van der Waals surface area contributed by atoms with Gasteiger partial charge >= 0.3 is 0 Å². The molecule has 0 aromatic rings. The molecule has 2 saturated carbocycles. The van der Waals surface area contributed by atoms with Crippen LogP contribution in [-0.4, -0.2) is 18.2 Å². The molecule has 4 atom stereocenters. The number of hydrogen-bond donors (Lipinski definition) is 2. The summed E-state index contributed by atoms with van der Waals surface area (Å²) in [6.45, 7) is 2.27. The lowest BCUT2D eigenvalue weighted by Crippen LogP contribution is -2.43. The van der Waals surface area contributed by atoms with Gasteiger partial charge in [0.1, 0.15) is 0 Å². The van der Waals surface area contributed by atoms with Crippen molar-refractivity contribution in [1.82, 2.24) is 10.6 Å². The van der Waals surface area contributed by atoms with Crippen LogP contribution in [0.25, 0.3) is 0 Å². The van der Waals surface area contributed by atoms with Gasteiger partial charge in [0.25, 0.3) is 0 Å². The predicted octanol–water partition coefficient (Wildman–Crippen LogP) is 1.90. The molecule has 80 valence electrons. The third-order valence-electron chi connectivity index (χ3n) is 4.02. The summed E-state index contributed by atoms with van der Waals surface area (Å²) in [5, 5.41) is 7.15. The van der Waals surface area contributed by atoms with Crippen LogP contribution in [-0.2, 0) is 0 Å². The van der Waals surface area contributed by atoms with E-state index in [0.29, 0.717) is 6.04 Å². The summed E-state index contributed by atoms with van der Waals surface area (Å²) in [5.74, 6) is 2.86. The molecule has 0 heterocycles. The van der Waals surface area contributed by atoms with Crippen molar-refractivity contribution in [2.45, 2.75) is 38.6 Å². The van der Waals surface area contributed by atoms with Gasteiger partial charge in [-0.05, 0) is 56.2 Å². The lowest BCUT2D eigenvalue weighted by Gasteiger charge is -2.29. The van der Waals surface area contributed by atoms with Crippen LogP contribution in [0.5, 0.6) is 0 Å². The SMILES string of the molecule is CNC(=S)N[C@@H](C)[C@@H]1C[C@@H]2CC[C@@H]1C2. The number of rotatable bonds is 2. The number of thiocarbonyl (C=S) groups is 1. The lowest BCUT2D eigenvalue weighted by molar-refractivity contribution is 0.278. The molecule has 0 amide bonds. The summed E-state index contributed by atoms with van der Waals surface area (Å²) in [6, 6.07) is 0.547. The van der Waals surface area contributed by atoms with Crippen molar-refractivity contribution in [3.63, 3.8) is 0 Å². The van der Waals surface area contributed by atoms with E-state index in [2.05, 4.69) is 17.6 Å². The Hall–Kier alpha value is -0.310. The lowest BCUT2D eigenvalue weighted by atomic mass is 9.84. The highest BCUT2D eigenvalue weighted by Crippen LogP contribution is 2.49. The number of nitrogens with one attached hydrogen (secondary N) is 2. The fourth-order valence-corrected chi connectivity index (χ4v) is 3.48. The van der Waals surface area contributed by atoms with E-state index in [0.717, 1.165) is 22.9 Å². The molecule has 0 aromatic carbocycles. The summed E-state index contributed by atoms with van der Waals surface area (Å²) in [5.41, 5.74) is 0. The van der Waals surface area contributed by atoms with Crippen molar-refractivity contribution in [2.75, 3.05) is 7.05 Å². The Morgan fingerprint density at radius 2 is 2.14 bits per heavy atom. The van der Waals surface area contributed by atoms with Crippen LogP contribution in [0, 0.1) is 17.8 Å². The summed E-state index contributed by atoms with van der Waals surface area (Å²) in [4.78, 5) is 0. The fourth-order valence-electron chi connectivity index (χ4n) is 3.29. The number of hydrogen-bond acceptors (Lipinski definition) is 1. The molecule has 0 unspecified atom stereocenters. The average molecular weight is 212 g/mol. The highest BCUT2D eigenvalue weighted by atomic mass is 32.1. The topological polar surface area (TPSA) is 24.1 Å². The second-order valence-corrected chi connectivity index (χ2v) is 5.26. The maximum absolute atomic E-state index is 5.13. The first-order valence-corrected chi connectivity index (χ1v) is 6.09. The quantitative estimate of drug-likeness (QED) is 0.684. The molecular formula is C11H20N2S. The maximum Gasteiger partial charge on any atom is 0.166 e. The van der Waals surface area contributed by atoms with Crippen molar-refractivity contribution in [2.24, 2.45) is 17.8 Å². The van der Waals surface area contributed by atoms with Crippen LogP contribution < -0.4 is 10.6 Å². The largest absolute Gasteiger partial charge is 0.366 e.